The number of rotatable bonds is 5. The SMILES string of the molecule is Cc1ccc(NC(=O)C(=O)c2cccn2Cc2ccccc2)c(Br)c1. The molecule has 0 spiro atoms. The smallest absolute Gasteiger partial charge is 0.298 e. The second kappa shape index (κ2) is 7.49. The van der Waals surface area contributed by atoms with Gasteiger partial charge >= 0.3 is 0 Å². The van der Waals surface area contributed by atoms with Crippen molar-refractivity contribution in [1.82, 2.24) is 4.57 Å². The first-order valence-corrected chi connectivity index (χ1v) is 8.65. The molecule has 0 bridgehead atoms. The van der Waals surface area contributed by atoms with Crippen molar-refractivity contribution in [1.29, 1.82) is 0 Å². The Kier molecular flexibility index (Phi) is 5.14. The van der Waals surface area contributed by atoms with E-state index in [9.17, 15) is 9.59 Å². The van der Waals surface area contributed by atoms with Crippen molar-refractivity contribution in [2.75, 3.05) is 5.32 Å². The molecule has 0 fully saturated rings. The molecule has 1 N–H and O–H groups in total. The quantitative estimate of drug-likeness (QED) is 0.512. The summed E-state index contributed by atoms with van der Waals surface area (Å²) in [6.07, 6.45) is 1.80. The third kappa shape index (κ3) is 4.06. The number of hydrogen-bond acceptors (Lipinski definition) is 2. The van der Waals surface area contributed by atoms with E-state index in [0.29, 0.717) is 17.9 Å². The lowest BCUT2D eigenvalue weighted by molar-refractivity contribution is -0.112. The Bertz CT molecular complexity index is 916. The van der Waals surface area contributed by atoms with Crippen LogP contribution in [-0.2, 0) is 11.3 Å². The third-order valence-electron chi connectivity index (χ3n) is 3.84. The van der Waals surface area contributed by atoms with Gasteiger partial charge in [-0.15, -0.1) is 0 Å². The number of halogens is 1. The number of Topliss-reactive ketones (excluding diaryl/α,β-unsaturated/α-hetero) is 1. The van der Waals surface area contributed by atoms with Crippen molar-refractivity contribution in [2.24, 2.45) is 0 Å². The third-order valence-corrected chi connectivity index (χ3v) is 4.49. The molecular weight excluding hydrogens is 380 g/mol. The van der Waals surface area contributed by atoms with Gasteiger partial charge in [0.1, 0.15) is 0 Å². The van der Waals surface area contributed by atoms with Gasteiger partial charge in [-0.2, -0.15) is 0 Å². The molecule has 0 aliphatic heterocycles. The van der Waals surface area contributed by atoms with Gasteiger partial charge in [0, 0.05) is 17.2 Å². The average molecular weight is 397 g/mol. The van der Waals surface area contributed by atoms with Crippen molar-refractivity contribution in [3.8, 4) is 0 Å². The number of carbonyl (C=O) groups is 2. The minimum Gasteiger partial charge on any atom is -0.340 e. The zero-order valence-electron chi connectivity index (χ0n) is 13.7. The second-order valence-corrected chi connectivity index (χ2v) is 6.63. The minimum atomic E-state index is -0.655. The summed E-state index contributed by atoms with van der Waals surface area (Å²) < 4.78 is 2.52. The Balaban J connectivity index is 1.77. The summed E-state index contributed by atoms with van der Waals surface area (Å²) in [6.45, 7) is 2.49. The largest absolute Gasteiger partial charge is 0.340 e. The van der Waals surface area contributed by atoms with Gasteiger partial charge in [0.2, 0.25) is 0 Å². The van der Waals surface area contributed by atoms with E-state index in [1.165, 1.54) is 0 Å². The summed E-state index contributed by atoms with van der Waals surface area (Å²) in [4.78, 5) is 24.9. The van der Waals surface area contributed by atoms with Gasteiger partial charge in [-0.05, 0) is 58.2 Å². The van der Waals surface area contributed by atoms with E-state index >= 15 is 0 Å². The van der Waals surface area contributed by atoms with E-state index in [0.717, 1.165) is 15.6 Å². The molecule has 5 heteroatoms. The van der Waals surface area contributed by atoms with E-state index in [-0.39, 0.29) is 0 Å². The fourth-order valence-electron chi connectivity index (χ4n) is 2.56. The summed E-state index contributed by atoms with van der Waals surface area (Å²) in [5.74, 6) is -1.22. The number of anilines is 1. The monoisotopic (exact) mass is 396 g/mol. The van der Waals surface area contributed by atoms with Crippen LogP contribution in [0.4, 0.5) is 5.69 Å². The van der Waals surface area contributed by atoms with E-state index in [1.807, 2.05) is 49.4 Å². The van der Waals surface area contributed by atoms with Crippen LogP contribution in [0.3, 0.4) is 0 Å². The molecule has 0 saturated carbocycles. The molecule has 1 amide bonds. The number of carbonyl (C=O) groups excluding carboxylic acids is 2. The Labute approximate surface area is 154 Å². The highest BCUT2D eigenvalue weighted by Gasteiger charge is 2.20. The Morgan fingerprint density at radius 1 is 1.04 bits per heavy atom. The molecule has 3 aromatic rings. The molecule has 126 valence electrons. The van der Waals surface area contributed by atoms with Crippen molar-refractivity contribution < 1.29 is 9.59 Å². The summed E-state index contributed by atoms with van der Waals surface area (Å²) in [5, 5.41) is 2.67. The molecule has 3 rings (SSSR count). The lowest BCUT2D eigenvalue weighted by Gasteiger charge is -2.10. The first kappa shape index (κ1) is 17.2. The highest BCUT2D eigenvalue weighted by Crippen LogP contribution is 2.23. The van der Waals surface area contributed by atoms with E-state index in [4.69, 9.17) is 0 Å². The zero-order chi connectivity index (χ0) is 17.8. The summed E-state index contributed by atoms with van der Waals surface area (Å²) in [6, 6.07) is 18.8. The molecule has 0 unspecified atom stereocenters. The van der Waals surface area contributed by atoms with Gasteiger partial charge in [0.05, 0.1) is 11.4 Å². The molecule has 1 heterocycles. The van der Waals surface area contributed by atoms with Gasteiger partial charge in [-0.3, -0.25) is 9.59 Å². The van der Waals surface area contributed by atoms with Crippen LogP contribution >= 0.6 is 15.9 Å². The first-order valence-electron chi connectivity index (χ1n) is 7.85. The summed E-state index contributed by atoms with van der Waals surface area (Å²) in [5.41, 5.74) is 3.07. The predicted octanol–water partition coefficient (Wildman–Crippen LogP) is 4.43. The number of aryl methyl sites for hydroxylation is 1. The molecule has 0 saturated heterocycles. The maximum atomic E-state index is 12.6. The van der Waals surface area contributed by atoms with E-state index in [2.05, 4.69) is 21.2 Å². The molecular formula is C20H17BrN2O2. The van der Waals surface area contributed by atoms with Crippen molar-refractivity contribution in [2.45, 2.75) is 13.5 Å². The van der Waals surface area contributed by atoms with Crippen LogP contribution in [0.5, 0.6) is 0 Å². The normalized spacial score (nSPS) is 10.5. The molecule has 0 aliphatic rings. The number of benzene rings is 2. The molecule has 1 aromatic heterocycles. The Morgan fingerprint density at radius 3 is 2.52 bits per heavy atom. The van der Waals surface area contributed by atoms with Gasteiger partial charge in [0.25, 0.3) is 11.7 Å². The number of ketones is 1. The highest BCUT2D eigenvalue weighted by atomic mass is 79.9. The molecule has 25 heavy (non-hydrogen) atoms. The Hall–Kier alpha value is -2.66. The second-order valence-electron chi connectivity index (χ2n) is 5.77. The number of hydrogen-bond donors (Lipinski definition) is 1. The van der Waals surface area contributed by atoms with Crippen molar-refractivity contribution in [3.05, 3.63) is 88.2 Å². The average Bonchev–Trinajstić information content (AvgIpc) is 3.05. The molecule has 0 aliphatic carbocycles. The number of aromatic nitrogens is 1. The lowest BCUT2D eigenvalue weighted by Crippen LogP contribution is -2.25. The zero-order valence-corrected chi connectivity index (χ0v) is 15.3. The number of nitrogens with one attached hydrogen (secondary N) is 1. The van der Waals surface area contributed by atoms with Crippen LogP contribution in [0.1, 0.15) is 21.6 Å². The fourth-order valence-corrected chi connectivity index (χ4v) is 3.15. The highest BCUT2D eigenvalue weighted by molar-refractivity contribution is 9.10. The minimum absolute atomic E-state index is 0.365. The first-order chi connectivity index (χ1) is 12.0. The molecule has 0 atom stereocenters. The maximum Gasteiger partial charge on any atom is 0.298 e. The van der Waals surface area contributed by atoms with Crippen molar-refractivity contribution in [3.63, 3.8) is 0 Å². The van der Waals surface area contributed by atoms with Gasteiger partial charge in [-0.1, -0.05) is 36.4 Å². The van der Waals surface area contributed by atoms with Crippen molar-refractivity contribution >= 4 is 33.3 Å². The van der Waals surface area contributed by atoms with Crippen LogP contribution in [0.25, 0.3) is 0 Å². The van der Waals surface area contributed by atoms with Gasteiger partial charge < -0.3 is 9.88 Å². The maximum absolute atomic E-state index is 12.6. The van der Waals surface area contributed by atoms with Gasteiger partial charge in [-0.25, -0.2) is 0 Å². The van der Waals surface area contributed by atoms with Gasteiger partial charge in [0.15, 0.2) is 0 Å². The van der Waals surface area contributed by atoms with Crippen LogP contribution < -0.4 is 5.32 Å². The summed E-state index contributed by atoms with van der Waals surface area (Å²) >= 11 is 3.40. The predicted molar refractivity (Wildman–Crippen MR) is 102 cm³/mol. The molecule has 4 nitrogen and oxygen atoms in total. The molecule has 2 aromatic carbocycles. The number of nitrogens with zero attached hydrogens (tertiary/aromatic N) is 1. The number of amides is 1. The van der Waals surface area contributed by atoms with E-state index < -0.39 is 11.7 Å². The summed E-state index contributed by atoms with van der Waals surface area (Å²) in [7, 11) is 0. The lowest BCUT2D eigenvalue weighted by atomic mass is 10.2. The van der Waals surface area contributed by atoms with Crippen LogP contribution in [0.2, 0.25) is 0 Å². The molecule has 0 radical (unpaired) electrons. The standard InChI is InChI=1S/C20H17BrN2O2/c1-14-9-10-17(16(21)12-14)22-20(25)19(24)18-8-5-11-23(18)13-15-6-3-2-4-7-15/h2-12H,13H2,1H3,(H,22,25). The van der Waals surface area contributed by atoms with Crippen LogP contribution in [0, 0.1) is 6.92 Å². The van der Waals surface area contributed by atoms with E-state index in [1.54, 1.807) is 29.0 Å². The van der Waals surface area contributed by atoms with Crippen LogP contribution in [0.15, 0.2) is 71.3 Å². The Morgan fingerprint density at radius 2 is 1.80 bits per heavy atom. The van der Waals surface area contributed by atoms with Crippen LogP contribution in [-0.4, -0.2) is 16.3 Å². The fraction of sp³-hybridized carbons (Fsp3) is 0.100. The topological polar surface area (TPSA) is 51.1 Å².